The van der Waals surface area contributed by atoms with Gasteiger partial charge in [-0.05, 0) is 25.8 Å². The second-order valence-corrected chi connectivity index (χ2v) is 3.79. The smallest absolute Gasteiger partial charge is 0.337 e. The van der Waals surface area contributed by atoms with Gasteiger partial charge in [0.2, 0.25) is 0 Å². The summed E-state index contributed by atoms with van der Waals surface area (Å²) in [6, 6.07) is 6.31. The molecule has 0 saturated heterocycles. The third-order valence-electron chi connectivity index (χ3n) is 2.48. The van der Waals surface area contributed by atoms with E-state index in [4.69, 9.17) is 5.11 Å². The van der Waals surface area contributed by atoms with E-state index in [9.17, 15) is 9.18 Å². The number of aliphatic carboxylic acids is 1. The maximum Gasteiger partial charge on any atom is 0.337 e. The molecule has 0 aromatic heterocycles. The first-order chi connectivity index (χ1) is 9.06. The topological polar surface area (TPSA) is 61.7 Å². The summed E-state index contributed by atoms with van der Waals surface area (Å²) < 4.78 is 13.4. The minimum absolute atomic E-state index is 0.0590. The molecular weight excluding hydrogens is 247 g/mol. The van der Waals surface area contributed by atoms with E-state index in [1.54, 1.807) is 25.1 Å². The van der Waals surface area contributed by atoms with Crippen molar-refractivity contribution in [2.24, 2.45) is 4.99 Å². The third kappa shape index (κ3) is 4.39. The van der Waals surface area contributed by atoms with Crippen molar-refractivity contribution in [2.45, 2.75) is 13.5 Å². The molecule has 19 heavy (non-hydrogen) atoms. The SMILES string of the molecule is C=N/C=C\C(C(=O)O)=C(/C)NCc1ccccc1F. The molecule has 0 heterocycles. The van der Waals surface area contributed by atoms with Crippen molar-refractivity contribution in [1.29, 1.82) is 0 Å². The second kappa shape index (κ2) is 7.10. The van der Waals surface area contributed by atoms with Crippen LogP contribution in [0.2, 0.25) is 0 Å². The molecule has 4 nitrogen and oxygen atoms in total. The Morgan fingerprint density at radius 1 is 1.53 bits per heavy atom. The van der Waals surface area contributed by atoms with Crippen LogP contribution >= 0.6 is 0 Å². The molecule has 100 valence electrons. The fourth-order valence-corrected chi connectivity index (χ4v) is 1.45. The van der Waals surface area contributed by atoms with Gasteiger partial charge in [0.1, 0.15) is 5.82 Å². The summed E-state index contributed by atoms with van der Waals surface area (Å²) in [5.74, 6) is -1.42. The van der Waals surface area contributed by atoms with E-state index in [-0.39, 0.29) is 17.9 Å². The Labute approximate surface area is 111 Å². The molecule has 1 aromatic carbocycles. The predicted octanol–water partition coefficient (Wildman–Crippen LogP) is 2.49. The Kier molecular flexibility index (Phi) is 5.47. The molecule has 2 N–H and O–H groups in total. The fraction of sp³-hybridized carbons (Fsp3) is 0.143. The lowest BCUT2D eigenvalue weighted by Gasteiger charge is -2.09. The van der Waals surface area contributed by atoms with Crippen LogP contribution in [0.4, 0.5) is 4.39 Å². The van der Waals surface area contributed by atoms with Gasteiger partial charge in [-0.2, -0.15) is 0 Å². The maximum atomic E-state index is 13.4. The van der Waals surface area contributed by atoms with Gasteiger partial charge in [-0.3, -0.25) is 4.99 Å². The van der Waals surface area contributed by atoms with Crippen LogP contribution in [-0.2, 0) is 11.3 Å². The summed E-state index contributed by atoms with van der Waals surface area (Å²) in [7, 11) is 0. The van der Waals surface area contributed by atoms with Gasteiger partial charge in [-0.25, -0.2) is 9.18 Å². The molecule has 5 heteroatoms. The van der Waals surface area contributed by atoms with Crippen molar-refractivity contribution < 1.29 is 14.3 Å². The molecule has 0 fully saturated rings. The Morgan fingerprint density at radius 3 is 2.79 bits per heavy atom. The molecule has 0 bridgehead atoms. The number of hydrogen-bond donors (Lipinski definition) is 2. The van der Waals surface area contributed by atoms with Crippen molar-refractivity contribution in [3.8, 4) is 0 Å². The van der Waals surface area contributed by atoms with Gasteiger partial charge < -0.3 is 10.4 Å². The zero-order valence-corrected chi connectivity index (χ0v) is 10.6. The number of nitrogens with one attached hydrogen (secondary N) is 1. The Morgan fingerprint density at radius 2 is 2.21 bits per heavy atom. The largest absolute Gasteiger partial charge is 0.478 e. The summed E-state index contributed by atoms with van der Waals surface area (Å²) in [5, 5.41) is 11.9. The number of carboxylic acids is 1. The number of hydrogen-bond acceptors (Lipinski definition) is 3. The molecular formula is C14H15FN2O2. The monoisotopic (exact) mass is 262 g/mol. The fourth-order valence-electron chi connectivity index (χ4n) is 1.45. The van der Waals surface area contributed by atoms with Gasteiger partial charge >= 0.3 is 5.97 Å². The highest BCUT2D eigenvalue weighted by Crippen LogP contribution is 2.09. The highest BCUT2D eigenvalue weighted by molar-refractivity contribution is 5.90. The predicted molar refractivity (Wildman–Crippen MR) is 72.3 cm³/mol. The van der Waals surface area contributed by atoms with Crippen LogP contribution in [0.15, 0.2) is 52.8 Å². The minimum Gasteiger partial charge on any atom is -0.478 e. The zero-order valence-electron chi connectivity index (χ0n) is 10.6. The Balaban J connectivity index is 2.84. The van der Waals surface area contributed by atoms with Crippen molar-refractivity contribution in [2.75, 3.05) is 0 Å². The van der Waals surface area contributed by atoms with Gasteiger partial charge in [-0.1, -0.05) is 18.2 Å². The van der Waals surface area contributed by atoms with Crippen LogP contribution in [0.25, 0.3) is 0 Å². The molecule has 0 spiro atoms. The molecule has 0 aliphatic carbocycles. The van der Waals surface area contributed by atoms with Gasteiger partial charge in [-0.15, -0.1) is 0 Å². The average molecular weight is 262 g/mol. The highest BCUT2D eigenvalue weighted by Gasteiger charge is 2.08. The van der Waals surface area contributed by atoms with Gasteiger partial charge in [0.25, 0.3) is 0 Å². The number of halogens is 1. The van der Waals surface area contributed by atoms with Crippen LogP contribution in [0, 0.1) is 5.82 Å². The van der Waals surface area contributed by atoms with E-state index in [0.717, 1.165) is 0 Å². The van der Waals surface area contributed by atoms with E-state index < -0.39 is 5.97 Å². The van der Waals surface area contributed by atoms with Crippen LogP contribution in [0.5, 0.6) is 0 Å². The lowest BCUT2D eigenvalue weighted by atomic mass is 10.2. The van der Waals surface area contributed by atoms with Crippen molar-refractivity contribution in [3.05, 3.63) is 59.2 Å². The van der Waals surface area contributed by atoms with E-state index >= 15 is 0 Å². The summed E-state index contributed by atoms with van der Waals surface area (Å²) in [4.78, 5) is 14.5. The Bertz CT molecular complexity index is 536. The highest BCUT2D eigenvalue weighted by atomic mass is 19.1. The van der Waals surface area contributed by atoms with E-state index in [1.807, 2.05) is 0 Å². The number of rotatable bonds is 6. The standard InChI is InChI=1S/C14H15FN2O2/c1-10(12(14(18)19)7-8-16-2)17-9-11-5-3-4-6-13(11)15/h3-8,17H,2,9H2,1H3,(H,18,19)/b8-7-,12-10-. The number of nitrogens with zero attached hydrogens (tertiary/aromatic N) is 1. The summed E-state index contributed by atoms with van der Waals surface area (Å²) in [5.41, 5.74) is 0.955. The molecule has 1 rings (SSSR count). The van der Waals surface area contributed by atoms with Crippen LogP contribution in [0.1, 0.15) is 12.5 Å². The Hall–Kier alpha value is -2.43. The van der Waals surface area contributed by atoms with Crippen LogP contribution in [0.3, 0.4) is 0 Å². The lowest BCUT2D eigenvalue weighted by molar-refractivity contribution is -0.132. The molecule has 1 aromatic rings. The van der Waals surface area contributed by atoms with Gasteiger partial charge in [0, 0.05) is 24.0 Å². The number of aliphatic imine (C=N–C) groups is 1. The number of allylic oxidation sites excluding steroid dienone is 1. The van der Waals surface area contributed by atoms with E-state index in [0.29, 0.717) is 11.3 Å². The number of benzene rings is 1. The first-order valence-electron chi connectivity index (χ1n) is 5.60. The summed E-state index contributed by atoms with van der Waals surface area (Å²) in [6.07, 6.45) is 2.62. The molecule has 0 amide bonds. The van der Waals surface area contributed by atoms with Gasteiger partial charge in [0.05, 0.1) is 5.57 Å². The molecule has 0 saturated carbocycles. The summed E-state index contributed by atoms with van der Waals surface area (Å²) >= 11 is 0. The van der Waals surface area contributed by atoms with Crippen molar-refractivity contribution in [3.63, 3.8) is 0 Å². The third-order valence-corrected chi connectivity index (χ3v) is 2.48. The normalized spacial score (nSPS) is 12.1. The van der Waals surface area contributed by atoms with Crippen LogP contribution < -0.4 is 5.32 Å². The molecule has 0 radical (unpaired) electrons. The number of carboxylic acid groups (broad SMARTS) is 1. The lowest BCUT2D eigenvalue weighted by Crippen LogP contribution is -2.16. The summed E-state index contributed by atoms with van der Waals surface area (Å²) in [6.45, 7) is 5.06. The zero-order chi connectivity index (χ0) is 14.3. The average Bonchev–Trinajstić information content (AvgIpc) is 2.38. The van der Waals surface area contributed by atoms with E-state index in [1.165, 1.54) is 18.3 Å². The second-order valence-electron chi connectivity index (χ2n) is 3.79. The quantitative estimate of drug-likeness (QED) is 0.470. The van der Waals surface area contributed by atoms with Crippen molar-refractivity contribution >= 4 is 12.7 Å². The van der Waals surface area contributed by atoms with Gasteiger partial charge in [0.15, 0.2) is 0 Å². The first-order valence-corrected chi connectivity index (χ1v) is 5.60. The van der Waals surface area contributed by atoms with E-state index in [2.05, 4.69) is 17.0 Å². The minimum atomic E-state index is -1.08. The molecule has 0 atom stereocenters. The number of carbonyl (C=O) groups is 1. The molecule has 0 unspecified atom stereocenters. The molecule has 0 aliphatic heterocycles. The molecule has 0 aliphatic rings. The van der Waals surface area contributed by atoms with Crippen molar-refractivity contribution in [1.82, 2.24) is 5.32 Å². The maximum absolute atomic E-state index is 13.4. The first kappa shape index (κ1) is 14.6. The van der Waals surface area contributed by atoms with Crippen LogP contribution in [-0.4, -0.2) is 17.8 Å².